The number of para-hydroxylation sites is 1. The third-order valence-corrected chi connectivity index (χ3v) is 5.70. The summed E-state index contributed by atoms with van der Waals surface area (Å²) in [5.74, 6) is -0.130. The highest BCUT2D eigenvalue weighted by Gasteiger charge is 2.39. The molecular formula is C20H24N2O2. The van der Waals surface area contributed by atoms with Crippen molar-refractivity contribution in [2.24, 2.45) is 5.92 Å². The number of aromatic nitrogens is 1. The second-order valence-corrected chi connectivity index (χ2v) is 6.85. The molecule has 126 valence electrons. The molecule has 1 unspecified atom stereocenters. The van der Waals surface area contributed by atoms with Crippen molar-refractivity contribution in [3.63, 3.8) is 0 Å². The van der Waals surface area contributed by atoms with Gasteiger partial charge in [0, 0.05) is 35.6 Å². The molecule has 0 spiro atoms. The number of piperidine rings is 1. The average Bonchev–Trinajstić information content (AvgIpc) is 3.02. The monoisotopic (exact) mass is 324 g/mol. The van der Waals surface area contributed by atoms with E-state index in [-0.39, 0.29) is 17.8 Å². The van der Waals surface area contributed by atoms with Crippen LogP contribution in [0, 0.1) is 5.92 Å². The maximum atomic E-state index is 12.7. The third-order valence-electron chi connectivity index (χ3n) is 5.70. The molecule has 0 aliphatic carbocycles. The lowest BCUT2D eigenvalue weighted by molar-refractivity contribution is -0.143. The number of carbonyl (C=O) groups is 1. The molecule has 3 atom stereocenters. The van der Waals surface area contributed by atoms with E-state index in [2.05, 4.69) is 41.1 Å². The second kappa shape index (κ2) is 6.10. The smallest absolute Gasteiger partial charge is 0.315 e. The summed E-state index contributed by atoms with van der Waals surface area (Å²) in [4.78, 5) is 18.8. The Morgan fingerprint density at radius 3 is 2.96 bits per heavy atom. The zero-order valence-corrected chi connectivity index (χ0v) is 14.3. The first kappa shape index (κ1) is 15.5. The van der Waals surface area contributed by atoms with Crippen molar-refractivity contribution in [3.8, 4) is 0 Å². The molecule has 3 aliphatic rings. The number of benzene rings is 1. The Balaban J connectivity index is 1.94. The molecule has 2 bridgehead atoms. The van der Waals surface area contributed by atoms with Gasteiger partial charge in [-0.05, 0) is 37.9 Å². The molecule has 2 aromatic rings. The first-order valence-electron chi connectivity index (χ1n) is 8.77. The van der Waals surface area contributed by atoms with Gasteiger partial charge in [-0.25, -0.2) is 0 Å². The quantitative estimate of drug-likeness (QED) is 0.647. The lowest BCUT2D eigenvalue weighted by Crippen LogP contribution is -2.39. The molecule has 5 rings (SSSR count). The Hall–Kier alpha value is -2.07. The van der Waals surface area contributed by atoms with E-state index in [0.717, 1.165) is 43.7 Å². The van der Waals surface area contributed by atoms with Crippen LogP contribution < -0.4 is 0 Å². The summed E-state index contributed by atoms with van der Waals surface area (Å²) in [7, 11) is 1.50. The molecule has 4 nitrogen and oxygen atoms in total. The first-order valence-corrected chi connectivity index (χ1v) is 8.77. The van der Waals surface area contributed by atoms with Crippen LogP contribution >= 0.6 is 0 Å². The standard InChI is InChI=1S/C20H24N2O2/c1-3-13-12-22-10-8-14(13)18(20(23)24-2)19-16(9-11-22)15-6-4-5-7-17(15)21-19/h3-7,14,18,21H,8-12H2,1-2H3/t14-,18+/m0/s1. The van der Waals surface area contributed by atoms with E-state index in [1.165, 1.54) is 23.6 Å². The van der Waals surface area contributed by atoms with Gasteiger partial charge in [0.15, 0.2) is 0 Å². The van der Waals surface area contributed by atoms with E-state index < -0.39 is 0 Å². The Kier molecular flexibility index (Phi) is 3.93. The highest BCUT2D eigenvalue weighted by Crippen LogP contribution is 2.41. The van der Waals surface area contributed by atoms with E-state index in [1.54, 1.807) is 0 Å². The zero-order chi connectivity index (χ0) is 16.7. The highest BCUT2D eigenvalue weighted by molar-refractivity contribution is 5.88. The molecular weight excluding hydrogens is 300 g/mol. The molecule has 24 heavy (non-hydrogen) atoms. The van der Waals surface area contributed by atoms with Crippen molar-refractivity contribution in [1.29, 1.82) is 0 Å². The van der Waals surface area contributed by atoms with Crippen LogP contribution in [0.4, 0.5) is 0 Å². The van der Waals surface area contributed by atoms with Crippen LogP contribution in [0.3, 0.4) is 0 Å². The number of esters is 1. The highest BCUT2D eigenvalue weighted by atomic mass is 16.5. The van der Waals surface area contributed by atoms with Gasteiger partial charge in [-0.1, -0.05) is 29.8 Å². The maximum Gasteiger partial charge on any atom is 0.315 e. The van der Waals surface area contributed by atoms with Crippen LogP contribution in [-0.4, -0.2) is 42.6 Å². The summed E-state index contributed by atoms with van der Waals surface area (Å²) in [6.07, 6.45) is 4.17. The lowest BCUT2D eigenvalue weighted by Gasteiger charge is -2.35. The molecule has 4 heterocycles. The molecule has 1 saturated heterocycles. The molecule has 4 heteroatoms. The topological polar surface area (TPSA) is 45.3 Å². The van der Waals surface area contributed by atoms with E-state index in [1.807, 2.05) is 6.07 Å². The van der Waals surface area contributed by atoms with Crippen LogP contribution in [0.5, 0.6) is 0 Å². The predicted octanol–water partition coefficient (Wildman–Crippen LogP) is 3.25. The fourth-order valence-corrected chi connectivity index (χ4v) is 4.47. The summed E-state index contributed by atoms with van der Waals surface area (Å²) < 4.78 is 5.22. The lowest BCUT2D eigenvalue weighted by atomic mass is 9.78. The number of allylic oxidation sites excluding steroid dienone is 1. The minimum atomic E-state index is -0.233. The molecule has 0 amide bonds. The SMILES string of the molecule is CC=C1CN2CCc3c([nH]c4ccccc34)[C@H](C(=O)OC)[C@H]1CC2. The summed E-state index contributed by atoms with van der Waals surface area (Å²) in [5, 5.41) is 1.24. The van der Waals surface area contributed by atoms with Crippen molar-refractivity contribution >= 4 is 16.9 Å². The molecule has 1 aromatic heterocycles. The fourth-order valence-electron chi connectivity index (χ4n) is 4.47. The van der Waals surface area contributed by atoms with Gasteiger partial charge in [-0.15, -0.1) is 0 Å². The largest absolute Gasteiger partial charge is 0.468 e. The van der Waals surface area contributed by atoms with Crippen LogP contribution in [0.25, 0.3) is 10.9 Å². The van der Waals surface area contributed by atoms with Crippen LogP contribution in [0.15, 0.2) is 35.9 Å². The van der Waals surface area contributed by atoms with Crippen molar-refractivity contribution in [1.82, 2.24) is 9.88 Å². The van der Waals surface area contributed by atoms with Gasteiger partial charge in [-0.2, -0.15) is 0 Å². The molecule has 0 saturated carbocycles. The van der Waals surface area contributed by atoms with Crippen molar-refractivity contribution < 1.29 is 9.53 Å². The number of aromatic amines is 1. The number of ether oxygens (including phenoxy) is 1. The third kappa shape index (κ3) is 2.37. The summed E-state index contributed by atoms with van der Waals surface area (Å²) in [6, 6.07) is 8.36. The molecule has 3 aliphatic heterocycles. The average molecular weight is 324 g/mol. The summed E-state index contributed by atoms with van der Waals surface area (Å²) in [6.45, 7) is 5.14. The predicted molar refractivity (Wildman–Crippen MR) is 95.1 cm³/mol. The zero-order valence-electron chi connectivity index (χ0n) is 14.3. The van der Waals surface area contributed by atoms with Crippen molar-refractivity contribution in [3.05, 3.63) is 47.2 Å². The van der Waals surface area contributed by atoms with E-state index >= 15 is 0 Å². The van der Waals surface area contributed by atoms with Crippen LogP contribution in [-0.2, 0) is 16.0 Å². The normalized spacial score (nSPS) is 28.2. The number of nitrogens with one attached hydrogen (secondary N) is 1. The Bertz CT molecular complexity index is 805. The van der Waals surface area contributed by atoms with Gasteiger partial charge < -0.3 is 9.72 Å². The minimum absolute atomic E-state index is 0.123. The molecule has 1 aromatic carbocycles. The van der Waals surface area contributed by atoms with Crippen LogP contribution in [0.1, 0.15) is 30.5 Å². The van der Waals surface area contributed by atoms with Gasteiger partial charge in [0.2, 0.25) is 0 Å². The van der Waals surface area contributed by atoms with Gasteiger partial charge in [-0.3, -0.25) is 9.69 Å². The number of H-pyrrole nitrogens is 1. The van der Waals surface area contributed by atoms with Gasteiger partial charge in [0.05, 0.1) is 7.11 Å². The number of carbonyl (C=O) groups excluding carboxylic acids is 1. The Labute approximate surface area is 142 Å². The number of methoxy groups -OCH3 is 1. The molecule has 1 N–H and O–H groups in total. The fraction of sp³-hybridized carbons (Fsp3) is 0.450. The van der Waals surface area contributed by atoms with E-state index in [4.69, 9.17) is 4.74 Å². The molecule has 1 fully saturated rings. The van der Waals surface area contributed by atoms with Crippen molar-refractivity contribution in [2.45, 2.75) is 25.7 Å². The Morgan fingerprint density at radius 1 is 1.33 bits per heavy atom. The number of fused-ring (bicyclic) bond motifs is 4. The minimum Gasteiger partial charge on any atom is -0.468 e. The first-order chi connectivity index (χ1) is 11.7. The van der Waals surface area contributed by atoms with Crippen molar-refractivity contribution in [2.75, 3.05) is 26.7 Å². The molecule has 0 radical (unpaired) electrons. The number of nitrogens with zero attached hydrogens (tertiary/aromatic N) is 1. The summed E-state index contributed by atoms with van der Waals surface area (Å²) >= 11 is 0. The van der Waals surface area contributed by atoms with Gasteiger partial charge in [0.25, 0.3) is 0 Å². The Morgan fingerprint density at radius 2 is 2.17 bits per heavy atom. The van der Waals surface area contributed by atoms with Crippen LogP contribution in [0.2, 0.25) is 0 Å². The van der Waals surface area contributed by atoms with Gasteiger partial charge >= 0.3 is 5.97 Å². The number of rotatable bonds is 1. The second-order valence-electron chi connectivity index (χ2n) is 6.85. The number of hydrogen-bond acceptors (Lipinski definition) is 3. The van der Waals surface area contributed by atoms with E-state index in [9.17, 15) is 4.79 Å². The van der Waals surface area contributed by atoms with Gasteiger partial charge in [0.1, 0.15) is 5.92 Å². The summed E-state index contributed by atoms with van der Waals surface area (Å²) in [5.41, 5.74) is 4.83. The number of hydrogen-bond donors (Lipinski definition) is 1. The van der Waals surface area contributed by atoms with E-state index in [0.29, 0.717) is 0 Å². The maximum absolute atomic E-state index is 12.7.